The first-order valence-corrected chi connectivity index (χ1v) is 5.05. The topological polar surface area (TPSA) is 65.7 Å². The number of hydrogen-bond acceptors (Lipinski definition) is 2. The summed E-state index contributed by atoms with van der Waals surface area (Å²) in [5, 5.41) is 0.369. The Bertz CT molecular complexity index is 598. The van der Waals surface area contributed by atoms with Gasteiger partial charge in [-0.25, -0.2) is 4.79 Å². The lowest BCUT2D eigenvalue weighted by molar-refractivity contribution is 0.103. The number of carbonyl (C=O) groups is 1. The van der Waals surface area contributed by atoms with Gasteiger partial charge in [-0.1, -0.05) is 23.7 Å². The number of aromatic nitrogens is 2. The van der Waals surface area contributed by atoms with Crippen molar-refractivity contribution in [2.45, 2.75) is 6.92 Å². The van der Waals surface area contributed by atoms with Crippen molar-refractivity contribution in [2.24, 2.45) is 0 Å². The average molecular weight is 237 g/mol. The zero-order valence-electron chi connectivity index (χ0n) is 8.50. The highest BCUT2D eigenvalue weighted by Gasteiger charge is 2.16. The van der Waals surface area contributed by atoms with E-state index in [2.05, 4.69) is 9.97 Å². The van der Waals surface area contributed by atoms with E-state index in [1.165, 1.54) is 0 Å². The Morgan fingerprint density at radius 1 is 1.25 bits per heavy atom. The third-order valence-electron chi connectivity index (χ3n) is 2.26. The molecule has 16 heavy (non-hydrogen) atoms. The van der Waals surface area contributed by atoms with Gasteiger partial charge in [-0.05, 0) is 19.1 Å². The molecular weight excluding hydrogens is 228 g/mol. The van der Waals surface area contributed by atoms with Crippen LogP contribution in [0.4, 0.5) is 0 Å². The van der Waals surface area contributed by atoms with Crippen LogP contribution in [-0.4, -0.2) is 15.8 Å². The standard InChI is InChI=1S/C11H9ClN2O2/c1-6-9(14-11(16)13-6)10(15)7-4-2-3-5-8(7)12/h2-5H,1H3,(H2,13,14,16). The van der Waals surface area contributed by atoms with Crippen LogP contribution in [0.1, 0.15) is 21.7 Å². The molecule has 2 N–H and O–H groups in total. The maximum atomic E-state index is 12.0. The molecule has 0 atom stereocenters. The van der Waals surface area contributed by atoms with E-state index in [0.717, 1.165) is 0 Å². The second-order valence-corrected chi connectivity index (χ2v) is 3.80. The molecule has 2 aromatic rings. The summed E-state index contributed by atoms with van der Waals surface area (Å²) in [5.41, 5.74) is 0.739. The molecule has 0 bridgehead atoms. The van der Waals surface area contributed by atoms with Gasteiger partial charge in [0.05, 0.1) is 5.02 Å². The zero-order valence-corrected chi connectivity index (χ0v) is 9.26. The molecule has 1 aromatic heterocycles. The van der Waals surface area contributed by atoms with Crippen LogP contribution in [0.15, 0.2) is 29.1 Å². The highest BCUT2D eigenvalue weighted by molar-refractivity contribution is 6.34. The molecule has 0 unspecified atom stereocenters. The van der Waals surface area contributed by atoms with Gasteiger partial charge in [-0.3, -0.25) is 4.79 Å². The molecule has 0 spiro atoms. The van der Waals surface area contributed by atoms with E-state index in [0.29, 0.717) is 16.3 Å². The lowest BCUT2D eigenvalue weighted by Gasteiger charge is -2.01. The molecule has 0 saturated heterocycles. The second-order valence-electron chi connectivity index (χ2n) is 3.39. The van der Waals surface area contributed by atoms with Crippen LogP contribution in [0.2, 0.25) is 5.02 Å². The highest BCUT2D eigenvalue weighted by atomic mass is 35.5. The minimum Gasteiger partial charge on any atom is -0.310 e. The number of carbonyl (C=O) groups excluding carboxylic acids is 1. The molecule has 1 heterocycles. The maximum Gasteiger partial charge on any atom is 0.323 e. The molecular formula is C11H9ClN2O2. The Morgan fingerprint density at radius 2 is 1.94 bits per heavy atom. The minimum absolute atomic E-state index is 0.248. The lowest BCUT2D eigenvalue weighted by atomic mass is 10.1. The summed E-state index contributed by atoms with van der Waals surface area (Å²) in [4.78, 5) is 28.0. The second kappa shape index (κ2) is 3.98. The largest absolute Gasteiger partial charge is 0.323 e. The Hall–Kier alpha value is -1.81. The van der Waals surface area contributed by atoms with E-state index in [1.54, 1.807) is 31.2 Å². The van der Waals surface area contributed by atoms with Crippen molar-refractivity contribution in [3.63, 3.8) is 0 Å². The van der Waals surface area contributed by atoms with Gasteiger partial charge >= 0.3 is 5.69 Å². The van der Waals surface area contributed by atoms with E-state index < -0.39 is 5.69 Å². The third-order valence-corrected chi connectivity index (χ3v) is 2.59. The number of nitrogens with one attached hydrogen (secondary N) is 2. The number of aryl methyl sites for hydroxylation is 1. The predicted octanol–water partition coefficient (Wildman–Crippen LogP) is 1.90. The number of benzene rings is 1. The quantitative estimate of drug-likeness (QED) is 0.782. The molecule has 5 heteroatoms. The summed E-state index contributed by atoms with van der Waals surface area (Å²) >= 11 is 5.91. The molecule has 0 radical (unpaired) electrons. The molecule has 0 aliphatic rings. The van der Waals surface area contributed by atoms with Gasteiger partial charge in [0.2, 0.25) is 5.78 Å². The molecule has 0 fully saturated rings. The van der Waals surface area contributed by atoms with E-state index in [1.807, 2.05) is 0 Å². The number of ketones is 1. The van der Waals surface area contributed by atoms with Crippen LogP contribution in [0.3, 0.4) is 0 Å². The average Bonchev–Trinajstić information content (AvgIpc) is 2.58. The number of hydrogen-bond donors (Lipinski definition) is 2. The molecule has 0 saturated carbocycles. The summed E-state index contributed by atoms with van der Waals surface area (Å²) in [7, 11) is 0. The molecule has 4 nitrogen and oxygen atoms in total. The van der Waals surface area contributed by atoms with Gasteiger partial charge in [0.15, 0.2) is 0 Å². The summed E-state index contributed by atoms with van der Waals surface area (Å²) < 4.78 is 0. The monoisotopic (exact) mass is 236 g/mol. The SMILES string of the molecule is Cc1[nH]c(=O)[nH]c1C(=O)c1ccccc1Cl. The van der Waals surface area contributed by atoms with Crippen molar-refractivity contribution in [3.8, 4) is 0 Å². The molecule has 0 aliphatic heterocycles. The number of aromatic amines is 2. The third kappa shape index (κ3) is 1.79. The maximum absolute atomic E-state index is 12.0. The Labute approximate surface area is 96.3 Å². The molecule has 82 valence electrons. The van der Waals surface area contributed by atoms with E-state index in [4.69, 9.17) is 11.6 Å². The normalized spacial score (nSPS) is 10.4. The fraction of sp³-hybridized carbons (Fsp3) is 0.0909. The summed E-state index contributed by atoms with van der Waals surface area (Å²) in [6.45, 7) is 1.65. The van der Waals surface area contributed by atoms with Gasteiger partial charge in [0, 0.05) is 11.3 Å². The first kappa shape index (κ1) is 10.7. The van der Waals surface area contributed by atoms with Crippen LogP contribution in [0.5, 0.6) is 0 Å². The molecule has 0 amide bonds. The van der Waals surface area contributed by atoms with Gasteiger partial charge in [0.1, 0.15) is 5.69 Å². The molecule has 1 aromatic carbocycles. The van der Waals surface area contributed by atoms with E-state index >= 15 is 0 Å². The van der Waals surface area contributed by atoms with Crippen molar-refractivity contribution in [3.05, 3.63) is 56.7 Å². The fourth-order valence-corrected chi connectivity index (χ4v) is 1.70. The zero-order chi connectivity index (χ0) is 11.7. The van der Waals surface area contributed by atoms with Crippen LogP contribution in [-0.2, 0) is 0 Å². The Balaban J connectivity index is 2.51. The van der Waals surface area contributed by atoms with E-state index in [-0.39, 0.29) is 11.5 Å². The Kier molecular flexibility index (Phi) is 2.66. The predicted molar refractivity (Wildman–Crippen MR) is 61.0 cm³/mol. The molecule has 0 aliphatic carbocycles. The van der Waals surface area contributed by atoms with Gasteiger partial charge in [0.25, 0.3) is 0 Å². The fourth-order valence-electron chi connectivity index (χ4n) is 1.48. The van der Waals surface area contributed by atoms with Gasteiger partial charge in [-0.15, -0.1) is 0 Å². The lowest BCUT2D eigenvalue weighted by Crippen LogP contribution is -2.07. The number of halogens is 1. The smallest absolute Gasteiger partial charge is 0.310 e. The molecule has 2 rings (SSSR count). The highest BCUT2D eigenvalue weighted by Crippen LogP contribution is 2.18. The van der Waals surface area contributed by atoms with Gasteiger partial charge < -0.3 is 9.97 Å². The van der Waals surface area contributed by atoms with Crippen LogP contribution >= 0.6 is 11.6 Å². The van der Waals surface area contributed by atoms with Crippen molar-refractivity contribution < 1.29 is 4.79 Å². The minimum atomic E-state index is -0.395. The van der Waals surface area contributed by atoms with E-state index in [9.17, 15) is 9.59 Å². The summed E-state index contributed by atoms with van der Waals surface area (Å²) in [6.07, 6.45) is 0. The van der Waals surface area contributed by atoms with Gasteiger partial charge in [-0.2, -0.15) is 0 Å². The van der Waals surface area contributed by atoms with Crippen molar-refractivity contribution >= 4 is 17.4 Å². The van der Waals surface area contributed by atoms with Crippen molar-refractivity contribution in [1.29, 1.82) is 0 Å². The van der Waals surface area contributed by atoms with Crippen molar-refractivity contribution in [2.75, 3.05) is 0 Å². The van der Waals surface area contributed by atoms with Crippen molar-refractivity contribution in [1.82, 2.24) is 9.97 Å². The first-order chi connectivity index (χ1) is 7.59. The number of H-pyrrole nitrogens is 2. The first-order valence-electron chi connectivity index (χ1n) is 4.67. The van der Waals surface area contributed by atoms with Crippen LogP contribution in [0, 0.1) is 6.92 Å². The van der Waals surface area contributed by atoms with Crippen LogP contribution in [0.25, 0.3) is 0 Å². The number of imidazole rings is 1. The Morgan fingerprint density at radius 3 is 2.50 bits per heavy atom. The summed E-state index contributed by atoms with van der Waals surface area (Å²) in [5.74, 6) is -0.290. The summed E-state index contributed by atoms with van der Waals surface area (Å²) in [6, 6.07) is 6.72. The number of rotatable bonds is 2. The van der Waals surface area contributed by atoms with Crippen LogP contribution < -0.4 is 5.69 Å².